The van der Waals surface area contributed by atoms with Crippen LogP contribution in [0.5, 0.6) is 0 Å². The van der Waals surface area contributed by atoms with E-state index >= 15 is 0 Å². The molecule has 0 fully saturated rings. The molecule has 0 aliphatic carbocycles. The summed E-state index contributed by atoms with van der Waals surface area (Å²) in [6.45, 7) is -0.657. The first-order valence-electron chi connectivity index (χ1n) is 7.69. The van der Waals surface area contributed by atoms with Gasteiger partial charge >= 0.3 is 5.76 Å². The average Bonchev–Trinajstić information content (AvgIpc) is 3.03. The molecule has 0 saturated carbocycles. The average molecular weight is 433 g/mol. The van der Waals surface area contributed by atoms with E-state index in [-0.39, 0.29) is 18.2 Å². The Morgan fingerprint density at radius 1 is 1.11 bits per heavy atom. The third kappa shape index (κ3) is 4.64. The van der Waals surface area contributed by atoms with E-state index in [0.717, 1.165) is 4.57 Å². The summed E-state index contributed by atoms with van der Waals surface area (Å²) in [5.74, 6) is -1.65. The molecule has 0 bridgehead atoms. The Balaban J connectivity index is 1.60. The zero-order valence-electron chi connectivity index (χ0n) is 13.8. The van der Waals surface area contributed by atoms with E-state index in [4.69, 9.17) is 0 Å². The van der Waals surface area contributed by atoms with Crippen LogP contribution in [0.4, 0.5) is 5.69 Å². The van der Waals surface area contributed by atoms with Crippen LogP contribution < -0.4 is 16.4 Å². The molecule has 2 N–H and O–H groups in total. The summed E-state index contributed by atoms with van der Waals surface area (Å²) in [7, 11) is 0. The highest BCUT2D eigenvalue weighted by Gasteiger charge is 2.18. The van der Waals surface area contributed by atoms with Crippen molar-refractivity contribution in [1.29, 1.82) is 0 Å². The highest BCUT2D eigenvalue weighted by Crippen LogP contribution is 2.20. The number of nitrogens with one attached hydrogen (secondary N) is 2. The Hall–Kier alpha value is -3.34. The molecule has 3 rings (SSSR count). The molecule has 0 atom stereocenters. The number of nitrogens with zero attached hydrogens (tertiary/aromatic N) is 4. The number of carbonyl (C=O) groups excluding carboxylic acids is 2. The molecule has 0 spiro atoms. The molecule has 2 amide bonds. The van der Waals surface area contributed by atoms with Gasteiger partial charge in [0.25, 0.3) is 0 Å². The lowest BCUT2D eigenvalue weighted by atomic mass is 10.3. The Morgan fingerprint density at radius 2 is 1.85 bits per heavy atom. The van der Waals surface area contributed by atoms with E-state index in [2.05, 4.69) is 46.2 Å². The van der Waals surface area contributed by atoms with Crippen LogP contribution in [-0.2, 0) is 16.1 Å². The number of para-hydroxylation sites is 1. The first-order valence-corrected chi connectivity index (χ1v) is 8.49. The van der Waals surface area contributed by atoms with Crippen LogP contribution in [-0.4, -0.2) is 38.1 Å². The molecule has 138 valence electrons. The van der Waals surface area contributed by atoms with Crippen LogP contribution in [0.2, 0.25) is 0 Å². The third-order valence-electron chi connectivity index (χ3n) is 3.35. The zero-order chi connectivity index (χ0) is 19.2. The Labute approximate surface area is 160 Å². The minimum absolute atomic E-state index is 0.0217. The Kier molecular flexibility index (Phi) is 5.71. The van der Waals surface area contributed by atoms with Crippen molar-refractivity contribution >= 4 is 33.4 Å². The second-order valence-electron chi connectivity index (χ2n) is 5.24. The fourth-order valence-corrected chi connectivity index (χ4v) is 2.50. The summed E-state index contributed by atoms with van der Waals surface area (Å²) in [5, 5.41) is 8.67. The predicted molar refractivity (Wildman–Crippen MR) is 97.6 cm³/mol. The fourth-order valence-electron chi connectivity index (χ4n) is 2.12. The lowest BCUT2D eigenvalue weighted by Crippen LogP contribution is -2.36. The second kappa shape index (κ2) is 8.36. The van der Waals surface area contributed by atoms with Crippen molar-refractivity contribution < 1.29 is 14.1 Å². The SMILES string of the molecule is O=C(Cn1c(-c2ncccn2)noc1=O)NCC(=O)Nc1ccccc1Br. The Morgan fingerprint density at radius 3 is 2.59 bits per heavy atom. The molecule has 27 heavy (non-hydrogen) atoms. The van der Waals surface area contributed by atoms with Gasteiger partial charge in [0.05, 0.1) is 12.2 Å². The molecule has 1 aromatic carbocycles. The lowest BCUT2D eigenvalue weighted by molar-refractivity contribution is -0.124. The summed E-state index contributed by atoms with van der Waals surface area (Å²) in [4.78, 5) is 43.8. The van der Waals surface area contributed by atoms with Gasteiger partial charge in [-0.05, 0) is 34.1 Å². The normalized spacial score (nSPS) is 10.4. The van der Waals surface area contributed by atoms with E-state index in [1.54, 1.807) is 24.3 Å². The van der Waals surface area contributed by atoms with E-state index in [1.807, 2.05) is 6.07 Å². The summed E-state index contributed by atoms with van der Waals surface area (Å²) in [6.07, 6.45) is 2.94. The molecule has 3 aromatic rings. The number of hydrogen-bond acceptors (Lipinski definition) is 7. The van der Waals surface area contributed by atoms with Crippen LogP contribution in [0.25, 0.3) is 11.6 Å². The summed E-state index contributed by atoms with van der Waals surface area (Å²) >= 11 is 3.31. The van der Waals surface area contributed by atoms with Gasteiger partial charge in [0, 0.05) is 16.9 Å². The van der Waals surface area contributed by atoms with Gasteiger partial charge in [-0.25, -0.2) is 19.3 Å². The van der Waals surface area contributed by atoms with Gasteiger partial charge in [0.15, 0.2) is 5.82 Å². The van der Waals surface area contributed by atoms with Gasteiger partial charge in [0.2, 0.25) is 17.6 Å². The van der Waals surface area contributed by atoms with Crippen LogP contribution in [0.15, 0.2) is 56.5 Å². The number of halogens is 1. The quantitative estimate of drug-likeness (QED) is 0.588. The monoisotopic (exact) mass is 432 g/mol. The van der Waals surface area contributed by atoms with Gasteiger partial charge in [-0.2, -0.15) is 0 Å². The zero-order valence-corrected chi connectivity index (χ0v) is 15.3. The maximum atomic E-state index is 12.1. The standard InChI is InChI=1S/C16H13BrN6O4/c17-10-4-1-2-5-11(10)21-12(24)8-20-13(25)9-23-15(22-27-16(23)26)14-18-6-3-7-19-14/h1-7H,8-9H2,(H,20,25)(H,21,24). The third-order valence-corrected chi connectivity index (χ3v) is 4.04. The minimum atomic E-state index is -0.828. The molecular weight excluding hydrogens is 420 g/mol. The van der Waals surface area contributed by atoms with Crippen molar-refractivity contribution in [2.45, 2.75) is 6.54 Å². The number of amides is 2. The molecule has 2 heterocycles. The number of carbonyl (C=O) groups is 2. The minimum Gasteiger partial charge on any atom is -0.345 e. The molecule has 2 aromatic heterocycles. The molecular formula is C16H13BrN6O4. The molecule has 10 nitrogen and oxygen atoms in total. The van der Waals surface area contributed by atoms with Crippen molar-refractivity contribution in [3.63, 3.8) is 0 Å². The number of aromatic nitrogens is 4. The predicted octanol–water partition coefficient (Wildman–Crippen LogP) is 0.811. The van der Waals surface area contributed by atoms with Crippen LogP contribution in [0, 0.1) is 0 Å². The number of benzene rings is 1. The van der Waals surface area contributed by atoms with E-state index in [9.17, 15) is 14.4 Å². The molecule has 0 saturated heterocycles. The van der Waals surface area contributed by atoms with Gasteiger partial charge in [-0.1, -0.05) is 17.3 Å². The van der Waals surface area contributed by atoms with Crippen molar-refractivity contribution in [3.8, 4) is 11.6 Å². The van der Waals surface area contributed by atoms with Crippen molar-refractivity contribution in [1.82, 2.24) is 25.0 Å². The highest BCUT2D eigenvalue weighted by molar-refractivity contribution is 9.10. The van der Waals surface area contributed by atoms with Gasteiger partial charge < -0.3 is 10.6 Å². The van der Waals surface area contributed by atoms with Crippen LogP contribution in [0.3, 0.4) is 0 Å². The van der Waals surface area contributed by atoms with Gasteiger partial charge in [0.1, 0.15) is 6.54 Å². The first kappa shape index (κ1) is 18.5. The summed E-state index contributed by atoms with van der Waals surface area (Å²) < 4.78 is 6.28. The summed E-state index contributed by atoms with van der Waals surface area (Å²) in [6, 6.07) is 8.67. The first-order chi connectivity index (χ1) is 13.0. The topological polar surface area (TPSA) is 132 Å². The largest absolute Gasteiger partial charge is 0.442 e. The van der Waals surface area contributed by atoms with E-state index in [0.29, 0.717) is 10.2 Å². The van der Waals surface area contributed by atoms with Crippen LogP contribution in [0.1, 0.15) is 0 Å². The molecule has 0 radical (unpaired) electrons. The smallest absolute Gasteiger partial charge is 0.345 e. The van der Waals surface area contributed by atoms with Gasteiger partial charge in [-0.15, -0.1) is 0 Å². The maximum Gasteiger partial charge on any atom is 0.442 e. The van der Waals surface area contributed by atoms with Crippen LogP contribution >= 0.6 is 15.9 Å². The molecule has 0 aliphatic heterocycles. The van der Waals surface area contributed by atoms with E-state index in [1.165, 1.54) is 12.4 Å². The number of rotatable bonds is 6. The highest BCUT2D eigenvalue weighted by atomic mass is 79.9. The van der Waals surface area contributed by atoms with Crippen molar-refractivity contribution in [2.75, 3.05) is 11.9 Å². The lowest BCUT2D eigenvalue weighted by Gasteiger charge is -2.08. The van der Waals surface area contributed by atoms with Gasteiger partial charge in [-0.3, -0.25) is 14.1 Å². The number of anilines is 1. The Bertz CT molecular complexity index is 1020. The second-order valence-corrected chi connectivity index (χ2v) is 6.09. The van der Waals surface area contributed by atoms with Crippen molar-refractivity contribution in [3.05, 3.63) is 57.7 Å². The molecule has 0 aliphatic rings. The molecule has 0 unspecified atom stereocenters. The maximum absolute atomic E-state index is 12.1. The fraction of sp³-hybridized carbons (Fsp3) is 0.125. The van der Waals surface area contributed by atoms with E-state index < -0.39 is 24.1 Å². The summed E-state index contributed by atoms with van der Waals surface area (Å²) in [5.41, 5.74) is 0.579. The molecule has 11 heteroatoms. The number of hydrogen-bond donors (Lipinski definition) is 2. The van der Waals surface area contributed by atoms with Crippen molar-refractivity contribution in [2.24, 2.45) is 0 Å².